The molecule has 1 aliphatic heterocycles. The predicted octanol–water partition coefficient (Wildman–Crippen LogP) is 9.24. The molecule has 0 radical (unpaired) electrons. The molecule has 2 aromatic carbocycles. The van der Waals surface area contributed by atoms with Crippen LogP contribution in [0, 0.1) is 27.9 Å². The van der Waals surface area contributed by atoms with Crippen LogP contribution in [0.5, 0.6) is 17.2 Å². The Morgan fingerprint density at radius 3 is 2.48 bits per heavy atom. The highest BCUT2D eigenvalue weighted by molar-refractivity contribution is 6.03. The molecule has 6 unspecified atom stereocenters. The maximum absolute atomic E-state index is 14.2. The summed E-state index contributed by atoms with van der Waals surface area (Å²) < 4.78 is 26.4. The van der Waals surface area contributed by atoms with Crippen LogP contribution in [0.3, 0.4) is 0 Å². The number of nitro benzene ring substituents is 1. The summed E-state index contributed by atoms with van der Waals surface area (Å²) in [6, 6.07) is 10.9. The fourth-order valence-electron chi connectivity index (χ4n) is 8.63. The van der Waals surface area contributed by atoms with E-state index >= 15 is 0 Å². The van der Waals surface area contributed by atoms with Gasteiger partial charge in [0.25, 0.3) is 5.69 Å². The highest BCUT2D eigenvalue weighted by Gasteiger charge is 2.65. The van der Waals surface area contributed by atoms with E-state index in [0.717, 1.165) is 36.8 Å². The Bertz CT molecular complexity index is 1800. The summed E-state index contributed by atoms with van der Waals surface area (Å²) in [7, 11) is 0. The maximum atomic E-state index is 14.2. The minimum absolute atomic E-state index is 0.00381. The summed E-state index contributed by atoms with van der Waals surface area (Å²) in [5.74, 6) is -0.824. The number of nitrogens with zero attached hydrogens (tertiary/aromatic N) is 3. The Morgan fingerprint density at radius 2 is 1.81 bits per heavy atom. The first-order valence-corrected chi connectivity index (χ1v) is 20.6. The molecule has 0 aromatic heterocycles. The zero-order chi connectivity index (χ0) is 41.9. The number of carbonyl (C=O) groups is 1. The zero-order valence-corrected chi connectivity index (χ0v) is 34.5. The summed E-state index contributed by atoms with van der Waals surface area (Å²) in [5.41, 5.74) is 1.76. The average Bonchev–Trinajstić information content (AvgIpc) is 3.19. The van der Waals surface area contributed by atoms with Crippen molar-refractivity contribution in [1.29, 1.82) is 0 Å². The van der Waals surface area contributed by atoms with Gasteiger partial charge in [-0.25, -0.2) is 4.79 Å². The third-order valence-corrected chi connectivity index (χ3v) is 11.0. The van der Waals surface area contributed by atoms with E-state index in [1.807, 2.05) is 39.8 Å². The van der Waals surface area contributed by atoms with Crippen molar-refractivity contribution in [2.45, 2.75) is 109 Å². The Morgan fingerprint density at radius 1 is 1.07 bits per heavy atom. The van der Waals surface area contributed by atoms with Crippen molar-refractivity contribution in [3.05, 3.63) is 95.1 Å². The van der Waals surface area contributed by atoms with E-state index in [-0.39, 0.29) is 56.3 Å². The molecule has 5 rings (SSSR count). The van der Waals surface area contributed by atoms with E-state index < -0.39 is 34.4 Å². The molecule has 0 saturated heterocycles. The lowest BCUT2D eigenvalue weighted by Gasteiger charge is -2.60. The Labute approximate surface area is 342 Å². The van der Waals surface area contributed by atoms with Crippen LogP contribution in [0.25, 0.3) is 0 Å². The Kier molecular flexibility index (Phi) is 15.5. The maximum Gasteiger partial charge on any atom is 0.410 e. The fraction of sp³-hybridized carbons (Fsp3) is 0.556. The van der Waals surface area contributed by atoms with Gasteiger partial charge in [-0.2, -0.15) is 0 Å². The van der Waals surface area contributed by atoms with E-state index in [4.69, 9.17) is 28.9 Å². The van der Waals surface area contributed by atoms with Crippen molar-refractivity contribution < 1.29 is 43.7 Å². The second-order valence-electron chi connectivity index (χ2n) is 16.2. The van der Waals surface area contributed by atoms with Gasteiger partial charge in [0.2, 0.25) is 5.79 Å². The van der Waals surface area contributed by atoms with Crippen molar-refractivity contribution in [2.75, 3.05) is 33.0 Å². The quantitative estimate of drug-likeness (QED) is 0.0538. The Hall–Kier alpha value is -4.72. The van der Waals surface area contributed by atoms with Gasteiger partial charge >= 0.3 is 6.09 Å². The normalized spacial score (nSPS) is 24.1. The number of allylic oxidation sites excluding steroid dienone is 1. The molecule has 3 aliphatic rings. The largest absolute Gasteiger partial charge is 0.459 e. The lowest BCUT2D eigenvalue weighted by molar-refractivity contribution is -0.384. The van der Waals surface area contributed by atoms with Gasteiger partial charge in [-0.1, -0.05) is 49.2 Å². The SMILES string of the molecule is C=CCCOC(=O)N(CCC)C1CC(=NOC(C)(C)C)C2=CC(CCCCO)C(CCCCO)C3c4cc(Oc5cccc([N+](=O)[O-])c5)ccc4OC1(OCC=C)C23. The van der Waals surface area contributed by atoms with E-state index in [1.165, 1.54) is 12.1 Å². The van der Waals surface area contributed by atoms with Gasteiger partial charge in [0.15, 0.2) is 0 Å². The van der Waals surface area contributed by atoms with Crippen molar-refractivity contribution in [3.63, 3.8) is 0 Å². The van der Waals surface area contributed by atoms with E-state index in [0.29, 0.717) is 55.2 Å². The highest BCUT2D eigenvalue weighted by Crippen LogP contribution is 2.62. The smallest absolute Gasteiger partial charge is 0.410 e. The third-order valence-electron chi connectivity index (χ3n) is 11.0. The van der Waals surface area contributed by atoms with Crippen molar-refractivity contribution in [1.82, 2.24) is 4.90 Å². The van der Waals surface area contributed by atoms with Gasteiger partial charge in [-0.3, -0.25) is 15.0 Å². The number of aliphatic hydroxyl groups is 2. The van der Waals surface area contributed by atoms with Crippen molar-refractivity contribution in [2.24, 2.45) is 22.9 Å². The van der Waals surface area contributed by atoms with Gasteiger partial charge in [0.05, 0.1) is 35.8 Å². The number of aliphatic hydroxyl groups excluding tert-OH is 2. The molecule has 0 spiro atoms. The molecular formula is C45H61N3O10. The summed E-state index contributed by atoms with van der Waals surface area (Å²) in [6.45, 7) is 16.4. The molecule has 2 aromatic rings. The molecule has 13 heteroatoms. The first-order chi connectivity index (χ1) is 27.9. The van der Waals surface area contributed by atoms with Crippen LogP contribution in [0.4, 0.5) is 10.5 Å². The summed E-state index contributed by atoms with van der Waals surface area (Å²) in [6.07, 6.45) is 11.0. The lowest BCUT2D eigenvalue weighted by Crippen LogP contribution is -2.70. The van der Waals surface area contributed by atoms with Crippen molar-refractivity contribution >= 4 is 17.5 Å². The van der Waals surface area contributed by atoms with Crippen LogP contribution in [0.1, 0.15) is 97.0 Å². The second kappa shape index (κ2) is 20.3. The third kappa shape index (κ3) is 10.3. The van der Waals surface area contributed by atoms with Gasteiger partial charge in [-0.15, -0.1) is 13.2 Å². The number of nitro groups is 1. The number of amides is 1. The van der Waals surface area contributed by atoms with Gasteiger partial charge in [-0.05, 0) is 101 Å². The molecule has 2 N–H and O–H groups in total. The molecule has 2 aliphatic carbocycles. The first-order valence-electron chi connectivity index (χ1n) is 20.6. The Balaban J connectivity index is 1.78. The summed E-state index contributed by atoms with van der Waals surface area (Å²) >= 11 is 0. The number of hydrogen-bond acceptors (Lipinski definition) is 11. The van der Waals surface area contributed by atoms with Crippen LogP contribution >= 0.6 is 0 Å². The molecule has 316 valence electrons. The number of fused-ring (bicyclic) bond motifs is 2. The summed E-state index contributed by atoms with van der Waals surface area (Å²) in [5, 5.41) is 36.2. The van der Waals surface area contributed by atoms with E-state index in [9.17, 15) is 25.1 Å². The van der Waals surface area contributed by atoms with Crippen LogP contribution in [0.15, 0.2) is 84.6 Å². The molecule has 1 fully saturated rings. The monoisotopic (exact) mass is 803 g/mol. The second-order valence-corrected chi connectivity index (χ2v) is 16.2. The number of ether oxygens (including phenoxy) is 4. The highest BCUT2D eigenvalue weighted by atomic mass is 16.7. The minimum Gasteiger partial charge on any atom is -0.459 e. The molecule has 6 atom stereocenters. The number of oxime groups is 1. The number of non-ortho nitro benzene ring substituents is 1. The van der Waals surface area contributed by atoms with Crippen LogP contribution < -0.4 is 9.47 Å². The first kappa shape index (κ1) is 44.4. The van der Waals surface area contributed by atoms with Gasteiger partial charge in [0.1, 0.15) is 28.9 Å². The lowest BCUT2D eigenvalue weighted by atomic mass is 9.55. The molecule has 1 heterocycles. The average molecular weight is 804 g/mol. The van der Waals surface area contributed by atoms with Crippen molar-refractivity contribution in [3.8, 4) is 17.2 Å². The van der Waals surface area contributed by atoms with Crippen LogP contribution in [-0.4, -0.2) is 82.2 Å². The topological polar surface area (TPSA) is 162 Å². The number of unbranched alkanes of at least 4 members (excludes halogenated alkanes) is 2. The standard InChI is InChI=1S/C45H61N3O10/c1-7-10-26-54-43(51)47(22-8-2)40-30-38(46-58-44(4,5)6)36-27-31(16-11-13-23-49)35(19-12-14-24-50)41-37-29-34(56-33-18-15-17-32(28-33)48(52)53)20-21-39(37)57-45(40,42(36)41)55-25-9-3/h7,9,15,17-18,20-21,27-29,31,35,40-42,49-50H,1,3,8,10-14,16,19,22-26,30H2,2,4-6H3. The van der Waals surface area contributed by atoms with Gasteiger partial charge in [0, 0.05) is 43.7 Å². The predicted molar refractivity (Wildman–Crippen MR) is 222 cm³/mol. The number of rotatable bonds is 21. The zero-order valence-electron chi connectivity index (χ0n) is 34.5. The molecule has 13 nitrogen and oxygen atoms in total. The van der Waals surface area contributed by atoms with Crippen LogP contribution in [-0.2, 0) is 14.3 Å². The van der Waals surface area contributed by atoms with E-state index in [1.54, 1.807) is 35.3 Å². The van der Waals surface area contributed by atoms with E-state index in [2.05, 4.69) is 19.2 Å². The molecular weight excluding hydrogens is 743 g/mol. The number of carbonyl (C=O) groups excluding carboxylic acids is 1. The fourth-order valence-corrected chi connectivity index (χ4v) is 8.63. The summed E-state index contributed by atoms with van der Waals surface area (Å²) in [4.78, 5) is 33.2. The molecule has 58 heavy (non-hydrogen) atoms. The molecule has 0 bridgehead atoms. The number of hydrogen-bond donors (Lipinski definition) is 2. The van der Waals surface area contributed by atoms with Gasteiger partial charge < -0.3 is 34.0 Å². The minimum atomic E-state index is -1.43. The molecule has 1 amide bonds. The number of benzene rings is 2. The van der Waals surface area contributed by atoms with Crippen LogP contribution in [0.2, 0.25) is 0 Å². The molecule has 1 saturated carbocycles.